The molecule has 1 aliphatic rings. The van der Waals surface area contributed by atoms with Crippen LogP contribution in [0.1, 0.15) is 24.2 Å². The number of terminal acetylenes is 1. The van der Waals surface area contributed by atoms with Crippen LogP contribution in [0.5, 0.6) is 0 Å². The molecule has 0 radical (unpaired) electrons. The molecule has 20 heavy (non-hydrogen) atoms. The summed E-state index contributed by atoms with van der Waals surface area (Å²) in [6.07, 6.45) is 13.2. The van der Waals surface area contributed by atoms with E-state index >= 15 is 0 Å². The zero-order chi connectivity index (χ0) is 13.9. The van der Waals surface area contributed by atoms with Crippen molar-refractivity contribution in [3.05, 3.63) is 36.4 Å². The maximum absolute atomic E-state index is 8.75. The Morgan fingerprint density at radius 2 is 1.55 bits per heavy atom. The second-order valence-corrected chi connectivity index (χ2v) is 4.12. The molecule has 0 spiro atoms. The van der Waals surface area contributed by atoms with E-state index < -0.39 is 0 Å². The fraction of sp³-hybridized carbons (Fsp3) is 0.154. The van der Waals surface area contributed by atoms with Crippen LogP contribution in [-0.2, 0) is 0 Å². The Morgan fingerprint density at radius 3 is 1.95 bits per heavy atom. The van der Waals surface area contributed by atoms with Crippen molar-refractivity contribution in [2.45, 2.75) is 12.8 Å². The van der Waals surface area contributed by atoms with Crippen LogP contribution < -0.4 is 0 Å². The van der Waals surface area contributed by atoms with Crippen LogP contribution in [0, 0.1) is 23.7 Å². The molecule has 0 aliphatic carbocycles. The van der Waals surface area contributed by atoms with Crippen LogP contribution in [-0.4, -0.2) is 30.8 Å². The van der Waals surface area contributed by atoms with Crippen LogP contribution >= 0.6 is 0 Å². The summed E-state index contributed by atoms with van der Waals surface area (Å²) in [5.41, 5.74) is 0.923. The standard InChI is InChI=1S/C13H9N7/c1-2-10-6-19(8-15-10)12-3-4-13(18-17-12)20-7-11(5-14)16-9-20/h1,6-9H,3-4H2. The van der Waals surface area contributed by atoms with Crippen LogP contribution in [0.3, 0.4) is 0 Å². The summed E-state index contributed by atoms with van der Waals surface area (Å²) in [6.45, 7) is 0. The topological polar surface area (TPSA) is 84.1 Å². The van der Waals surface area contributed by atoms with Gasteiger partial charge in [0, 0.05) is 25.2 Å². The van der Waals surface area contributed by atoms with Gasteiger partial charge < -0.3 is 0 Å². The Kier molecular flexibility index (Phi) is 2.86. The molecule has 0 amide bonds. The number of nitriles is 1. The molecule has 3 rings (SSSR count). The van der Waals surface area contributed by atoms with E-state index in [9.17, 15) is 0 Å². The molecule has 7 heteroatoms. The lowest BCUT2D eigenvalue weighted by Gasteiger charge is -2.12. The lowest BCUT2D eigenvalue weighted by Crippen LogP contribution is -2.19. The first kappa shape index (κ1) is 11.9. The molecule has 0 atom stereocenters. The van der Waals surface area contributed by atoms with Gasteiger partial charge in [0.1, 0.15) is 36.1 Å². The molecule has 0 saturated heterocycles. The Balaban J connectivity index is 1.86. The van der Waals surface area contributed by atoms with Crippen molar-refractivity contribution in [3.63, 3.8) is 0 Å². The molecule has 3 heterocycles. The van der Waals surface area contributed by atoms with Gasteiger partial charge in [-0.1, -0.05) is 0 Å². The van der Waals surface area contributed by atoms with Crippen molar-refractivity contribution in [1.82, 2.24) is 19.1 Å². The molecule has 0 saturated carbocycles. The summed E-state index contributed by atoms with van der Waals surface area (Å²) < 4.78 is 3.48. The highest BCUT2D eigenvalue weighted by atomic mass is 15.3. The van der Waals surface area contributed by atoms with Crippen molar-refractivity contribution in [3.8, 4) is 18.4 Å². The van der Waals surface area contributed by atoms with Crippen molar-refractivity contribution in [2.24, 2.45) is 10.2 Å². The molecule has 2 aromatic heterocycles. The Bertz CT molecular complexity index is 723. The van der Waals surface area contributed by atoms with E-state index in [1.807, 2.05) is 6.07 Å². The third kappa shape index (κ3) is 2.08. The Labute approximate surface area is 114 Å². The highest BCUT2D eigenvalue weighted by Crippen LogP contribution is 2.10. The van der Waals surface area contributed by atoms with E-state index in [4.69, 9.17) is 11.7 Å². The molecule has 2 aromatic rings. The Hall–Kier alpha value is -3.19. The maximum atomic E-state index is 8.75. The molecule has 0 N–H and O–H groups in total. The summed E-state index contributed by atoms with van der Waals surface area (Å²) in [7, 11) is 0. The van der Waals surface area contributed by atoms with Gasteiger partial charge in [-0.3, -0.25) is 9.13 Å². The second-order valence-electron chi connectivity index (χ2n) is 4.12. The zero-order valence-electron chi connectivity index (χ0n) is 10.4. The molecule has 0 bridgehead atoms. The van der Waals surface area contributed by atoms with Gasteiger partial charge in [-0.15, -0.1) is 16.6 Å². The molecule has 0 unspecified atom stereocenters. The van der Waals surface area contributed by atoms with Gasteiger partial charge in [0.05, 0.1) is 0 Å². The van der Waals surface area contributed by atoms with Gasteiger partial charge in [-0.2, -0.15) is 5.26 Å². The largest absolute Gasteiger partial charge is 0.291 e. The fourth-order valence-corrected chi connectivity index (χ4v) is 1.86. The quantitative estimate of drug-likeness (QED) is 0.660. The van der Waals surface area contributed by atoms with E-state index in [1.165, 1.54) is 0 Å². The predicted molar refractivity (Wildman–Crippen MR) is 72.0 cm³/mol. The van der Waals surface area contributed by atoms with Crippen LogP contribution in [0.25, 0.3) is 0 Å². The maximum Gasteiger partial charge on any atom is 0.158 e. The number of aromatic nitrogens is 4. The molecule has 0 aromatic carbocycles. The van der Waals surface area contributed by atoms with E-state index in [1.54, 1.807) is 34.2 Å². The highest BCUT2D eigenvalue weighted by molar-refractivity contribution is 5.94. The first-order chi connectivity index (χ1) is 9.80. The van der Waals surface area contributed by atoms with Gasteiger partial charge in [-0.05, 0) is 5.92 Å². The SMILES string of the molecule is C#Cc1cn(C2=NN=C(n3cnc(C#N)c3)CC2)cn1. The van der Waals surface area contributed by atoms with Crippen molar-refractivity contribution in [1.29, 1.82) is 5.26 Å². The van der Waals surface area contributed by atoms with Gasteiger partial charge in [0.2, 0.25) is 0 Å². The number of hydrogen-bond donors (Lipinski definition) is 0. The Morgan fingerprint density at radius 1 is 1.00 bits per heavy atom. The predicted octanol–water partition coefficient (Wildman–Crippen LogP) is 0.835. The van der Waals surface area contributed by atoms with E-state index in [0.29, 0.717) is 24.2 Å². The third-order valence-corrected chi connectivity index (χ3v) is 2.88. The summed E-state index contributed by atoms with van der Waals surface area (Å²) in [6, 6.07) is 1.98. The average Bonchev–Trinajstić information content (AvgIpc) is 3.16. The normalized spacial score (nSPS) is 14.1. The number of nitrogens with zero attached hydrogens (tertiary/aromatic N) is 7. The van der Waals surface area contributed by atoms with Crippen molar-refractivity contribution >= 4 is 11.7 Å². The van der Waals surface area contributed by atoms with Crippen molar-refractivity contribution < 1.29 is 0 Å². The minimum absolute atomic E-state index is 0.357. The lowest BCUT2D eigenvalue weighted by atomic mass is 10.2. The number of hydrogen-bond acceptors (Lipinski definition) is 5. The van der Waals surface area contributed by atoms with Gasteiger partial charge in [0.15, 0.2) is 5.69 Å². The molecular formula is C13H9N7. The smallest absolute Gasteiger partial charge is 0.158 e. The first-order valence-electron chi connectivity index (χ1n) is 5.89. The van der Waals surface area contributed by atoms with Crippen LogP contribution in [0.2, 0.25) is 0 Å². The summed E-state index contributed by atoms with van der Waals surface area (Å²) in [5.74, 6) is 4.00. The summed E-state index contributed by atoms with van der Waals surface area (Å²) in [4.78, 5) is 7.98. The van der Waals surface area contributed by atoms with E-state index in [2.05, 4.69) is 26.1 Å². The van der Waals surface area contributed by atoms with Crippen molar-refractivity contribution in [2.75, 3.05) is 0 Å². The first-order valence-corrected chi connectivity index (χ1v) is 5.89. The molecule has 7 nitrogen and oxygen atoms in total. The number of imidazole rings is 2. The van der Waals surface area contributed by atoms with Gasteiger partial charge in [0.25, 0.3) is 0 Å². The minimum atomic E-state index is 0.357. The molecule has 96 valence electrons. The molecule has 1 aliphatic heterocycles. The van der Waals surface area contributed by atoms with Gasteiger partial charge in [-0.25, -0.2) is 9.97 Å². The molecular weight excluding hydrogens is 254 g/mol. The molecule has 0 fully saturated rings. The average molecular weight is 263 g/mol. The lowest BCUT2D eigenvalue weighted by molar-refractivity contribution is 0.906. The monoisotopic (exact) mass is 263 g/mol. The van der Waals surface area contributed by atoms with Gasteiger partial charge >= 0.3 is 0 Å². The zero-order valence-corrected chi connectivity index (χ0v) is 10.4. The highest BCUT2D eigenvalue weighted by Gasteiger charge is 2.14. The summed E-state index contributed by atoms with van der Waals surface area (Å²) in [5, 5.41) is 17.1. The van der Waals surface area contributed by atoms with Crippen LogP contribution in [0.15, 0.2) is 35.3 Å². The van der Waals surface area contributed by atoms with E-state index in [-0.39, 0.29) is 0 Å². The van der Waals surface area contributed by atoms with Crippen LogP contribution in [0.4, 0.5) is 0 Å². The minimum Gasteiger partial charge on any atom is -0.291 e. The fourth-order valence-electron chi connectivity index (χ4n) is 1.86. The second kappa shape index (κ2) is 4.82. The van der Waals surface area contributed by atoms with E-state index in [0.717, 1.165) is 11.7 Å². The summed E-state index contributed by atoms with van der Waals surface area (Å²) >= 11 is 0. The number of rotatable bonds is 0. The third-order valence-electron chi connectivity index (χ3n) is 2.88.